The number of allylic oxidation sites excluding steroid dienone is 6. The third-order valence-electron chi connectivity index (χ3n) is 8.14. The molecule has 0 bridgehead atoms. The zero-order chi connectivity index (χ0) is 18.9. The zero-order valence-corrected chi connectivity index (χ0v) is 16.3. The molecule has 0 aromatic heterocycles. The van der Waals surface area contributed by atoms with E-state index in [1.54, 1.807) is 13.2 Å². The molecule has 26 heavy (non-hydrogen) atoms. The predicted octanol–water partition coefficient (Wildman–Crippen LogP) is 4.35. The largest absolute Gasteiger partial charge is 0.499 e. The molecule has 0 unspecified atom stereocenters. The van der Waals surface area contributed by atoms with Crippen molar-refractivity contribution >= 4 is 5.78 Å². The Labute approximate surface area is 156 Å². The average Bonchev–Trinajstić information content (AvgIpc) is 2.88. The second-order valence-electron chi connectivity index (χ2n) is 9.19. The summed E-state index contributed by atoms with van der Waals surface area (Å²) in [5, 5.41) is 11.5. The van der Waals surface area contributed by atoms with Gasteiger partial charge in [-0.05, 0) is 68.1 Å². The minimum atomic E-state index is -0.965. The molecule has 4 aliphatic rings. The normalized spacial score (nSPS) is 46.7. The van der Waals surface area contributed by atoms with Crippen LogP contribution in [0.5, 0.6) is 0 Å². The van der Waals surface area contributed by atoms with Gasteiger partial charge in [0.15, 0.2) is 5.78 Å². The van der Waals surface area contributed by atoms with Crippen molar-refractivity contribution in [2.75, 3.05) is 7.11 Å². The Morgan fingerprint density at radius 3 is 2.77 bits per heavy atom. The van der Waals surface area contributed by atoms with E-state index in [9.17, 15) is 9.90 Å². The van der Waals surface area contributed by atoms with Crippen molar-refractivity contribution in [1.82, 2.24) is 0 Å². The van der Waals surface area contributed by atoms with Gasteiger partial charge in [-0.15, -0.1) is 0 Å². The summed E-state index contributed by atoms with van der Waals surface area (Å²) in [6.07, 6.45) is 11.6. The highest BCUT2D eigenvalue weighted by Crippen LogP contribution is 2.66. The summed E-state index contributed by atoms with van der Waals surface area (Å²) in [4.78, 5) is 12.0. The van der Waals surface area contributed by atoms with Crippen LogP contribution in [-0.4, -0.2) is 23.6 Å². The molecule has 4 rings (SSSR count). The molecule has 0 radical (unpaired) electrons. The Morgan fingerprint density at radius 1 is 1.35 bits per heavy atom. The Hall–Kier alpha value is -1.61. The first kappa shape index (κ1) is 17.8. The number of carbonyl (C=O) groups excluding carboxylic acids is 1. The van der Waals surface area contributed by atoms with Gasteiger partial charge < -0.3 is 9.84 Å². The minimum Gasteiger partial charge on any atom is -0.499 e. The summed E-state index contributed by atoms with van der Waals surface area (Å²) < 4.78 is 5.40. The maximum Gasteiger partial charge on any atom is 0.178 e. The number of ether oxygens (including phenoxy) is 1. The van der Waals surface area contributed by atoms with Crippen LogP contribution in [0.2, 0.25) is 0 Å². The number of hydrogen-bond acceptors (Lipinski definition) is 3. The van der Waals surface area contributed by atoms with Gasteiger partial charge in [0.25, 0.3) is 0 Å². The molecule has 6 atom stereocenters. The molecule has 0 heterocycles. The summed E-state index contributed by atoms with van der Waals surface area (Å²) in [7, 11) is 1.60. The fraction of sp³-hybridized carbons (Fsp3) is 0.609. The van der Waals surface area contributed by atoms with Gasteiger partial charge in [0.1, 0.15) is 11.4 Å². The number of aliphatic hydroxyl groups is 1. The van der Waals surface area contributed by atoms with Crippen molar-refractivity contribution in [3.8, 4) is 0 Å². The number of fused-ring (bicyclic) bond motifs is 5. The van der Waals surface area contributed by atoms with Crippen LogP contribution in [0.4, 0.5) is 0 Å². The maximum atomic E-state index is 12.0. The fourth-order valence-electron chi connectivity index (χ4n) is 6.57. The summed E-state index contributed by atoms with van der Waals surface area (Å²) in [6.45, 7) is 10.7. The van der Waals surface area contributed by atoms with Gasteiger partial charge in [0.2, 0.25) is 0 Å². The van der Waals surface area contributed by atoms with Crippen LogP contribution >= 0.6 is 0 Å². The van der Waals surface area contributed by atoms with Gasteiger partial charge in [0, 0.05) is 10.8 Å². The molecule has 0 aromatic carbocycles. The van der Waals surface area contributed by atoms with Crippen molar-refractivity contribution in [1.29, 1.82) is 0 Å². The first-order chi connectivity index (χ1) is 12.2. The van der Waals surface area contributed by atoms with Crippen LogP contribution in [0.3, 0.4) is 0 Å². The van der Waals surface area contributed by atoms with E-state index in [0.29, 0.717) is 29.9 Å². The van der Waals surface area contributed by atoms with Gasteiger partial charge in [-0.1, -0.05) is 38.2 Å². The lowest BCUT2D eigenvalue weighted by molar-refractivity contribution is -0.110. The van der Waals surface area contributed by atoms with Crippen LogP contribution in [0, 0.1) is 28.6 Å². The third kappa shape index (κ3) is 2.01. The van der Waals surface area contributed by atoms with Crippen molar-refractivity contribution in [2.24, 2.45) is 28.6 Å². The lowest BCUT2D eigenvalue weighted by Gasteiger charge is -2.55. The summed E-state index contributed by atoms with van der Waals surface area (Å²) in [6, 6.07) is 0. The lowest BCUT2D eigenvalue weighted by atomic mass is 9.50. The molecule has 140 valence electrons. The molecule has 0 saturated heterocycles. The van der Waals surface area contributed by atoms with Gasteiger partial charge in [0.05, 0.1) is 7.11 Å². The summed E-state index contributed by atoms with van der Waals surface area (Å²) in [5.74, 6) is 1.82. The van der Waals surface area contributed by atoms with E-state index < -0.39 is 5.60 Å². The lowest BCUT2D eigenvalue weighted by Crippen LogP contribution is -2.52. The van der Waals surface area contributed by atoms with E-state index in [2.05, 4.69) is 39.5 Å². The SMILES string of the molecule is C=C(OC)[C@@]1(O)CC[C@H]2[C@@H]3C[C@H](C)C4=CC(=O)C=C[C@]4(C)C3=CC[C@@]21C. The monoisotopic (exact) mass is 354 g/mol. The van der Waals surface area contributed by atoms with Crippen LogP contribution in [0.1, 0.15) is 46.5 Å². The molecule has 0 aromatic rings. The van der Waals surface area contributed by atoms with E-state index >= 15 is 0 Å². The van der Waals surface area contributed by atoms with Gasteiger partial charge >= 0.3 is 0 Å². The van der Waals surface area contributed by atoms with Crippen molar-refractivity contribution in [2.45, 2.75) is 52.1 Å². The molecule has 2 fully saturated rings. The first-order valence-corrected chi connectivity index (χ1v) is 9.79. The average molecular weight is 354 g/mol. The minimum absolute atomic E-state index is 0.107. The number of methoxy groups -OCH3 is 1. The highest BCUT2D eigenvalue weighted by molar-refractivity contribution is 6.01. The predicted molar refractivity (Wildman–Crippen MR) is 102 cm³/mol. The Balaban J connectivity index is 1.80. The topological polar surface area (TPSA) is 46.5 Å². The Bertz CT molecular complexity index is 772. The van der Waals surface area contributed by atoms with E-state index in [0.717, 1.165) is 19.3 Å². The standard InChI is InChI=1S/C23H30O3/c1-14-12-17-18(21(3)9-6-16(24)13-20(14)21)7-10-22(4)19(17)8-11-23(22,25)15(2)26-5/h6-7,9,13-14,17,19,25H,2,8,10-12H2,1,3-5H3/t14-,17+,19-,21+,22-,23-/m0/s1. The van der Waals surface area contributed by atoms with Crippen molar-refractivity contribution < 1.29 is 14.6 Å². The van der Waals surface area contributed by atoms with Gasteiger partial charge in [-0.3, -0.25) is 4.79 Å². The third-order valence-corrected chi connectivity index (χ3v) is 8.14. The van der Waals surface area contributed by atoms with Crippen molar-refractivity contribution in [3.05, 3.63) is 47.8 Å². The Morgan fingerprint density at radius 2 is 2.08 bits per heavy atom. The second kappa shape index (κ2) is 5.45. The van der Waals surface area contributed by atoms with Crippen LogP contribution < -0.4 is 0 Å². The van der Waals surface area contributed by atoms with Crippen LogP contribution in [0.25, 0.3) is 0 Å². The summed E-state index contributed by atoms with van der Waals surface area (Å²) in [5.41, 5.74) is 1.33. The van der Waals surface area contributed by atoms with Crippen LogP contribution in [0.15, 0.2) is 47.8 Å². The number of ketones is 1. The highest BCUT2D eigenvalue weighted by atomic mass is 16.5. The first-order valence-electron chi connectivity index (χ1n) is 9.79. The smallest absolute Gasteiger partial charge is 0.178 e. The molecule has 0 aliphatic heterocycles. The number of carbonyl (C=O) groups is 1. The molecular formula is C23H30O3. The molecule has 3 heteroatoms. The second-order valence-corrected chi connectivity index (χ2v) is 9.19. The highest BCUT2D eigenvalue weighted by Gasteiger charge is 2.63. The Kier molecular flexibility index (Phi) is 3.73. The molecule has 4 aliphatic carbocycles. The van der Waals surface area contributed by atoms with E-state index in [1.807, 2.05) is 6.08 Å². The molecule has 0 amide bonds. The zero-order valence-electron chi connectivity index (χ0n) is 16.3. The molecular weight excluding hydrogens is 324 g/mol. The fourth-order valence-corrected chi connectivity index (χ4v) is 6.57. The molecule has 3 nitrogen and oxygen atoms in total. The van der Waals surface area contributed by atoms with E-state index in [4.69, 9.17) is 4.74 Å². The van der Waals surface area contributed by atoms with E-state index in [-0.39, 0.29) is 16.6 Å². The summed E-state index contributed by atoms with van der Waals surface area (Å²) >= 11 is 0. The quantitative estimate of drug-likeness (QED) is 0.592. The number of rotatable bonds is 2. The maximum absolute atomic E-state index is 12.0. The van der Waals surface area contributed by atoms with E-state index in [1.165, 1.54) is 11.1 Å². The van der Waals surface area contributed by atoms with Crippen molar-refractivity contribution in [3.63, 3.8) is 0 Å². The molecule has 0 spiro atoms. The number of hydrogen-bond donors (Lipinski definition) is 1. The van der Waals surface area contributed by atoms with Gasteiger partial charge in [-0.25, -0.2) is 0 Å². The molecule has 1 N–H and O–H groups in total. The van der Waals surface area contributed by atoms with Crippen LogP contribution in [-0.2, 0) is 9.53 Å². The van der Waals surface area contributed by atoms with Gasteiger partial charge in [-0.2, -0.15) is 0 Å². The molecule has 2 saturated carbocycles.